The van der Waals surface area contributed by atoms with Crippen molar-refractivity contribution >= 4 is 0 Å². The highest BCUT2D eigenvalue weighted by molar-refractivity contribution is 4.73. The molecule has 0 bridgehead atoms. The van der Waals surface area contributed by atoms with Gasteiger partial charge < -0.3 is 0 Å². The van der Waals surface area contributed by atoms with Crippen molar-refractivity contribution in [1.82, 2.24) is 5.73 Å². The van der Waals surface area contributed by atoms with Gasteiger partial charge in [-0.25, -0.2) is 0 Å². The number of hydrogen-bond donors (Lipinski definition) is 0. The molecule has 0 aliphatic heterocycles. The largest absolute Gasteiger partial charge is 0.160 e. The highest BCUT2D eigenvalue weighted by atomic mass is 14.5. The first kappa shape index (κ1) is 6.54. The van der Waals surface area contributed by atoms with Crippen LogP contribution in [0.4, 0.5) is 0 Å². The van der Waals surface area contributed by atoms with Crippen LogP contribution in [-0.2, 0) is 0 Å². The highest BCUT2D eigenvalue weighted by Crippen LogP contribution is 1.92. The van der Waals surface area contributed by atoms with Crippen molar-refractivity contribution in [2.24, 2.45) is 0 Å². The normalized spacial score (nSPS) is 10.4. The minimum absolute atomic E-state index is 1.01. The zero-order valence-corrected chi connectivity index (χ0v) is 4.72. The monoisotopic (exact) mass is 97.1 g/mol. The molecular weight excluding hydrogens is 86.1 g/mol. The standard InChI is InChI=1S/C6H11N/c1-2-3-4-5-6-7/h5-6H,2-4H2,1H3/b6-5+. The van der Waals surface area contributed by atoms with Crippen LogP contribution in [0.2, 0.25) is 0 Å². The van der Waals surface area contributed by atoms with Crippen molar-refractivity contribution < 1.29 is 0 Å². The van der Waals surface area contributed by atoms with Gasteiger partial charge in [0.2, 0.25) is 0 Å². The fourth-order valence-electron chi connectivity index (χ4n) is 0.397. The van der Waals surface area contributed by atoms with Crippen molar-refractivity contribution in [3.8, 4) is 0 Å². The molecule has 1 heteroatoms. The summed E-state index contributed by atoms with van der Waals surface area (Å²) in [6.45, 7) is 2.13. The molecule has 0 fully saturated rings. The second kappa shape index (κ2) is 5.54. The van der Waals surface area contributed by atoms with Crippen LogP contribution in [0.15, 0.2) is 12.3 Å². The lowest BCUT2D eigenvalue weighted by Crippen LogP contribution is -1.65. The van der Waals surface area contributed by atoms with Gasteiger partial charge in [-0.2, -0.15) is 5.73 Å². The summed E-state index contributed by atoms with van der Waals surface area (Å²) in [5.74, 6) is 0. The summed E-state index contributed by atoms with van der Waals surface area (Å²) in [5, 5.41) is 0. The van der Waals surface area contributed by atoms with Crippen molar-refractivity contribution in [3.05, 3.63) is 12.3 Å². The van der Waals surface area contributed by atoms with Gasteiger partial charge in [-0.15, -0.1) is 0 Å². The van der Waals surface area contributed by atoms with Gasteiger partial charge in [0.15, 0.2) is 0 Å². The predicted octanol–water partition coefficient (Wildman–Crippen LogP) is 1.76. The van der Waals surface area contributed by atoms with Crippen LogP contribution < -0.4 is 5.73 Å². The first-order valence-corrected chi connectivity index (χ1v) is 2.71. The van der Waals surface area contributed by atoms with Crippen molar-refractivity contribution in [2.75, 3.05) is 0 Å². The molecule has 1 nitrogen and oxygen atoms in total. The molecule has 0 atom stereocenters. The van der Waals surface area contributed by atoms with E-state index in [1.165, 1.54) is 12.8 Å². The minimum Gasteiger partial charge on any atom is -0.160 e. The fourth-order valence-corrected chi connectivity index (χ4v) is 0.397. The Bertz CT molecular complexity index is 48.1. The Kier molecular flexibility index (Phi) is 5.18. The molecule has 0 unspecified atom stereocenters. The van der Waals surface area contributed by atoms with Gasteiger partial charge >= 0.3 is 0 Å². The van der Waals surface area contributed by atoms with Crippen LogP contribution in [0.1, 0.15) is 26.2 Å². The van der Waals surface area contributed by atoms with E-state index in [1.54, 1.807) is 6.08 Å². The van der Waals surface area contributed by atoms with Gasteiger partial charge in [-0.3, -0.25) is 0 Å². The Morgan fingerprint density at radius 3 is 2.71 bits per heavy atom. The summed E-state index contributed by atoms with van der Waals surface area (Å²) in [6, 6.07) is 0. The number of rotatable bonds is 3. The Morgan fingerprint density at radius 2 is 2.29 bits per heavy atom. The summed E-state index contributed by atoms with van der Waals surface area (Å²) in [5.41, 5.74) is 8.11. The first-order chi connectivity index (χ1) is 3.41. The molecule has 0 aliphatic carbocycles. The third kappa shape index (κ3) is 5.54. The van der Waals surface area contributed by atoms with Crippen LogP contribution >= 0.6 is 0 Å². The van der Waals surface area contributed by atoms with E-state index >= 15 is 0 Å². The first-order valence-electron chi connectivity index (χ1n) is 2.71. The average Bonchev–Trinajstić information content (AvgIpc) is 1.69. The van der Waals surface area contributed by atoms with Crippen molar-refractivity contribution in [3.63, 3.8) is 0 Å². The second-order valence-corrected chi connectivity index (χ2v) is 1.53. The lowest BCUT2D eigenvalue weighted by Gasteiger charge is -1.82. The second-order valence-electron chi connectivity index (χ2n) is 1.53. The maximum Gasteiger partial charge on any atom is 0.0455 e. The van der Waals surface area contributed by atoms with Gasteiger partial charge in [0.1, 0.15) is 0 Å². The van der Waals surface area contributed by atoms with Crippen LogP contribution in [0.3, 0.4) is 0 Å². The van der Waals surface area contributed by atoms with E-state index in [0.29, 0.717) is 0 Å². The van der Waals surface area contributed by atoms with Gasteiger partial charge in [0, 0.05) is 6.20 Å². The van der Waals surface area contributed by atoms with Crippen LogP contribution in [0, 0.1) is 0 Å². The van der Waals surface area contributed by atoms with E-state index < -0.39 is 0 Å². The summed E-state index contributed by atoms with van der Waals surface area (Å²) >= 11 is 0. The highest BCUT2D eigenvalue weighted by Gasteiger charge is 1.73. The Labute approximate surface area is 45.2 Å². The third-order valence-electron chi connectivity index (χ3n) is 0.830. The van der Waals surface area contributed by atoms with Gasteiger partial charge in [-0.05, 0) is 6.42 Å². The van der Waals surface area contributed by atoms with Gasteiger partial charge in [0.25, 0.3) is 0 Å². The van der Waals surface area contributed by atoms with Crippen LogP contribution in [0.25, 0.3) is 0 Å². The maximum absolute atomic E-state index is 8.11. The predicted molar refractivity (Wildman–Crippen MR) is 30.8 cm³/mol. The van der Waals surface area contributed by atoms with E-state index in [2.05, 4.69) is 6.92 Å². The molecular formula is C6H11N. The summed E-state index contributed by atoms with van der Waals surface area (Å²) < 4.78 is 0. The number of allylic oxidation sites excluding steroid dienone is 1. The lowest BCUT2D eigenvalue weighted by molar-refractivity contribution is 0.813. The molecule has 0 saturated heterocycles. The summed E-state index contributed by atoms with van der Waals surface area (Å²) in [6.07, 6.45) is 6.26. The Morgan fingerprint density at radius 1 is 1.57 bits per heavy atom. The molecule has 0 aromatic heterocycles. The fraction of sp³-hybridized carbons (Fsp3) is 0.667. The molecule has 0 amide bonds. The molecule has 0 aromatic rings. The molecule has 0 aliphatic rings. The number of hydrogen-bond acceptors (Lipinski definition) is 0. The molecule has 0 aromatic carbocycles. The van der Waals surface area contributed by atoms with E-state index in [0.717, 1.165) is 12.6 Å². The molecule has 0 N–H and O–H groups in total. The molecule has 0 rings (SSSR count). The summed E-state index contributed by atoms with van der Waals surface area (Å²) in [4.78, 5) is 0. The molecule has 0 heterocycles. The maximum atomic E-state index is 8.11. The van der Waals surface area contributed by atoms with Crippen molar-refractivity contribution in [2.45, 2.75) is 26.2 Å². The Balaban J connectivity index is 2.69. The smallest absolute Gasteiger partial charge is 0.0455 e. The molecule has 0 spiro atoms. The van der Waals surface area contributed by atoms with Crippen LogP contribution in [0.5, 0.6) is 0 Å². The van der Waals surface area contributed by atoms with Gasteiger partial charge in [0.05, 0.1) is 0 Å². The Hall–Kier alpha value is -0.460. The number of nitrogens with zero attached hydrogens (tertiary/aromatic N) is 1. The van der Waals surface area contributed by atoms with Gasteiger partial charge in [-0.1, -0.05) is 25.8 Å². The van der Waals surface area contributed by atoms with E-state index in [1.807, 2.05) is 0 Å². The molecule has 7 heavy (non-hydrogen) atoms. The van der Waals surface area contributed by atoms with E-state index in [4.69, 9.17) is 5.73 Å². The SMILES string of the molecule is CCCC/C=C/[N]. The van der Waals surface area contributed by atoms with E-state index in [-0.39, 0.29) is 0 Å². The third-order valence-corrected chi connectivity index (χ3v) is 0.830. The quantitative estimate of drug-likeness (QED) is 0.479. The zero-order valence-electron chi connectivity index (χ0n) is 4.72. The molecule has 2 radical (unpaired) electrons. The van der Waals surface area contributed by atoms with E-state index in [9.17, 15) is 0 Å². The molecule has 0 saturated carbocycles. The molecule has 40 valence electrons. The minimum atomic E-state index is 1.01. The lowest BCUT2D eigenvalue weighted by atomic mass is 10.2. The van der Waals surface area contributed by atoms with Crippen molar-refractivity contribution in [1.29, 1.82) is 0 Å². The average molecular weight is 97.2 g/mol. The topological polar surface area (TPSA) is 22.3 Å². The number of unbranched alkanes of at least 4 members (excludes halogenated alkanes) is 2. The summed E-state index contributed by atoms with van der Waals surface area (Å²) in [7, 11) is 0. The van der Waals surface area contributed by atoms with Crippen LogP contribution in [-0.4, -0.2) is 0 Å². The zero-order chi connectivity index (χ0) is 5.54.